The molecule has 6 heteroatoms. The molecule has 2 aromatic carbocycles. The van der Waals surface area contributed by atoms with E-state index in [0.717, 1.165) is 5.52 Å². The third-order valence-electron chi connectivity index (χ3n) is 3.05. The Hall–Kier alpha value is -2.60. The van der Waals surface area contributed by atoms with Crippen LogP contribution in [0.25, 0.3) is 11.1 Å². The van der Waals surface area contributed by atoms with Gasteiger partial charge in [0.2, 0.25) is 5.91 Å². The molecule has 0 atom stereocenters. The van der Waals surface area contributed by atoms with Gasteiger partial charge < -0.3 is 9.73 Å². The van der Waals surface area contributed by atoms with Gasteiger partial charge in [0, 0.05) is 5.69 Å². The molecule has 0 aliphatic rings. The van der Waals surface area contributed by atoms with Crippen molar-refractivity contribution in [1.29, 1.82) is 0 Å². The zero-order valence-corrected chi connectivity index (χ0v) is 13.0. The van der Waals surface area contributed by atoms with Gasteiger partial charge in [-0.15, -0.1) is 0 Å². The van der Waals surface area contributed by atoms with Crippen molar-refractivity contribution in [3.8, 4) is 0 Å². The minimum Gasteiger partial charge on any atom is -0.431 e. The van der Waals surface area contributed by atoms with E-state index in [2.05, 4.69) is 10.3 Å². The lowest BCUT2D eigenvalue weighted by Crippen LogP contribution is -2.17. The molecule has 3 aromatic rings. The highest BCUT2D eigenvalue weighted by atomic mass is 32.2. The van der Waals surface area contributed by atoms with Crippen LogP contribution in [-0.2, 0) is 9.59 Å². The molecule has 1 aromatic heterocycles. The summed E-state index contributed by atoms with van der Waals surface area (Å²) >= 11 is 1.20. The van der Waals surface area contributed by atoms with Crippen LogP contribution in [0.1, 0.15) is 6.42 Å². The molecule has 1 amide bonds. The summed E-state index contributed by atoms with van der Waals surface area (Å²) in [4.78, 5) is 28.0. The summed E-state index contributed by atoms with van der Waals surface area (Å²) in [5.74, 6) is -0.347. The first-order chi connectivity index (χ1) is 11.2. The molecule has 1 heterocycles. The van der Waals surface area contributed by atoms with Gasteiger partial charge in [0.1, 0.15) is 5.52 Å². The van der Waals surface area contributed by atoms with Crippen LogP contribution in [-0.4, -0.2) is 22.4 Å². The molecule has 3 rings (SSSR count). The average Bonchev–Trinajstić information content (AvgIpc) is 2.96. The Morgan fingerprint density at radius 2 is 1.78 bits per heavy atom. The van der Waals surface area contributed by atoms with Crippen LogP contribution in [0, 0.1) is 0 Å². The van der Waals surface area contributed by atoms with Crippen molar-refractivity contribution in [2.24, 2.45) is 0 Å². The van der Waals surface area contributed by atoms with Gasteiger partial charge in [-0.3, -0.25) is 9.59 Å². The Kier molecular flexibility index (Phi) is 4.73. The minimum atomic E-state index is -0.320. The normalized spacial score (nSPS) is 10.6. The van der Waals surface area contributed by atoms with E-state index in [9.17, 15) is 9.59 Å². The summed E-state index contributed by atoms with van der Waals surface area (Å²) in [5, 5.41) is 3.12. The van der Waals surface area contributed by atoms with Crippen LogP contribution in [0.3, 0.4) is 0 Å². The molecule has 0 radical (unpaired) electrons. The van der Waals surface area contributed by atoms with Crippen molar-refractivity contribution in [1.82, 2.24) is 4.98 Å². The highest BCUT2D eigenvalue weighted by molar-refractivity contribution is 7.99. The van der Waals surface area contributed by atoms with E-state index >= 15 is 0 Å². The van der Waals surface area contributed by atoms with Crippen LogP contribution >= 0.6 is 11.8 Å². The molecule has 0 aliphatic carbocycles. The molecule has 5 nitrogen and oxygen atoms in total. The van der Waals surface area contributed by atoms with Crippen LogP contribution in [0.5, 0.6) is 0 Å². The number of carbonyl (C=O) groups excluding carboxylic acids is 2. The van der Waals surface area contributed by atoms with E-state index in [1.165, 1.54) is 11.8 Å². The van der Waals surface area contributed by atoms with Crippen molar-refractivity contribution in [2.45, 2.75) is 11.6 Å². The SMILES string of the molecule is O=C(CSc1nc2ccccc2o1)CC(=O)Nc1ccccc1. The van der Waals surface area contributed by atoms with Crippen molar-refractivity contribution in [3.63, 3.8) is 0 Å². The molecule has 0 bridgehead atoms. The van der Waals surface area contributed by atoms with Gasteiger partial charge in [-0.1, -0.05) is 42.1 Å². The first kappa shape index (κ1) is 15.3. The minimum absolute atomic E-state index is 0.148. The number of thioether (sulfide) groups is 1. The van der Waals surface area contributed by atoms with Gasteiger partial charge in [-0.2, -0.15) is 0 Å². The quantitative estimate of drug-likeness (QED) is 0.554. The van der Waals surface area contributed by atoms with Gasteiger partial charge in [-0.25, -0.2) is 4.98 Å². The van der Waals surface area contributed by atoms with Crippen molar-refractivity contribution < 1.29 is 14.0 Å². The first-order valence-electron chi connectivity index (χ1n) is 7.06. The number of carbonyl (C=O) groups is 2. The lowest BCUT2D eigenvalue weighted by Gasteiger charge is -2.03. The summed E-state index contributed by atoms with van der Waals surface area (Å²) in [6, 6.07) is 16.4. The smallest absolute Gasteiger partial charge is 0.257 e. The van der Waals surface area contributed by atoms with Crippen LogP contribution in [0.2, 0.25) is 0 Å². The molecule has 0 aliphatic heterocycles. The number of anilines is 1. The van der Waals surface area contributed by atoms with Crippen LogP contribution < -0.4 is 5.32 Å². The summed E-state index contributed by atoms with van der Waals surface area (Å²) in [7, 11) is 0. The third kappa shape index (κ3) is 4.20. The van der Waals surface area contributed by atoms with Gasteiger partial charge >= 0.3 is 0 Å². The molecule has 0 spiro atoms. The number of hydrogen-bond acceptors (Lipinski definition) is 5. The van der Waals surface area contributed by atoms with Gasteiger partial charge in [0.25, 0.3) is 5.22 Å². The van der Waals surface area contributed by atoms with E-state index in [1.807, 2.05) is 42.5 Å². The molecule has 1 N–H and O–H groups in total. The predicted molar refractivity (Wildman–Crippen MR) is 89.4 cm³/mol. The molecule has 116 valence electrons. The molecule has 0 unspecified atom stereocenters. The molecule has 23 heavy (non-hydrogen) atoms. The standard InChI is InChI=1S/C17H14N2O3S/c20-13(10-16(21)18-12-6-2-1-3-7-12)11-23-17-19-14-8-4-5-9-15(14)22-17/h1-9H,10-11H2,(H,18,21). The number of aromatic nitrogens is 1. The largest absolute Gasteiger partial charge is 0.431 e. The number of oxazole rings is 1. The average molecular weight is 326 g/mol. The second-order valence-corrected chi connectivity index (χ2v) is 5.79. The van der Waals surface area contributed by atoms with E-state index in [-0.39, 0.29) is 23.9 Å². The Balaban J connectivity index is 1.50. The van der Waals surface area contributed by atoms with Crippen LogP contribution in [0.4, 0.5) is 5.69 Å². The summed E-state index contributed by atoms with van der Waals surface area (Å²) in [5.41, 5.74) is 2.12. The fraction of sp³-hybridized carbons (Fsp3) is 0.118. The van der Waals surface area contributed by atoms with Crippen molar-refractivity contribution >= 4 is 40.2 Å². The Morgan fingerprint density at radius 3 is 2.57 bits per heavy atom. The monoisotopic (exact) mass is 326 g/mol. The summed E-state index contributed by atoms with van der Waals surface area (Å²) < 4.78 is 5.52. The highest BCUT2D eigenvalue weighted by Crippen LogP contribution is 2.23. The Labute approximate surface area is 137 Å². The lowest BCUT2D eigenvalue weighted by atomic mass is 10.2. The predicted octanol–water partition coefficient (Wildman–Crippen LogP) is 3.52. The molecule has 0 fully saturated rings. The highest BCUT2D eigenvalue weighted by Gasteiger charge is 2.13. The molecule has 0 saturated heterocycles. The van der Waals surface area contributed by atoms with Gasteiger partial charge in [0.15, 0.2) is 11.4 Å². The van der Waals surface area contributed by atoms with E-state index in [4.69, 9.17) is 4.42 Å². The van der Waals surface area contributed by atoms with Crippen molar-refractivity contribution in [3.05, 3.63) is 54.6 Å². The third-order valence-corrected chi connectivity index (χ3v) is 3.93. The molecular formula is C17H14N2O3S. The van der Waals surface area contributed by atoms with Gasteiger partial charge in [-0.05, 0) is 24.3 Å². The Bertz CT molecular complexity index is 797. The number of para-hydroxylation sites is 3. The lowest BCUT2D eigenvalue weighted by molar-refractivity contribution is -0.123. The van der Waals surface area contributed by atoms with Crippen LogP contribution in [0.15, 0.2) is 64.2 Å². The topological polar surface area (TPSA) is 72.2 Å². The fourth-order valence-corrected chi connectivity index (χ4v) is 2.71. The maximum atomic E-state index is 11.9. The molecular weight excluding hydrogens is 312 g/mol. The number of fused-ring (bicyclic) bond motifs is 1. The number of rotatable bonds is 6. The number of ketones is 1. The number of benzene rings is 2. The maximum Gasteiger partial charge on any atom is 0.257 e. The van der Waals surface area contributed by atoms with E-state index < -0.39 is 0 Å². The number of nitrogens with one attached hydrogen (secondary N) is 1. The second-order valence-electron chi connectivity index (χ2n) is 4.87. The zero-order valence-electron chi connectivity index (χ0n) is 12.2. The van der Waals surface area contributed by atoms with E-state index in [1.54, 1.807) is 12.1 Å². The van der Waals surface area contributed by atoms with E-state index in [0.29, 0.717) is 16.5 Å². The Morgan fingerprint density at radius 1 is 1.04 bits per heavy atom. The first-order valence-corrected chi connectivity index (χ1v) is 8.04. The number of amides is 1. The molecule has 0 saturated carbocycles. The number of hydrogen-bond donors (Lipinski definition) is 1. The van der Waals surface area contributed by atoms with Crippen molar-refractivity contribution in [2.75, 3.05) is 11.1 Å². The number of Topliss-reactive ketones (excluding diaryl/α,β-unsaturated/α-hetero) is 1. The summed E-state index contributed by atoms with van der Waals surface area (Å²) in [6.07, 6.45) is -0.165. The number of nitrogens with zero attached hydrogens (tertiary/aromatic N) is 1. The summed E-state index contributed by atoms with van der Waals surface area (Å²) in [6.45, 7) is 0. The maximum absolute atomic E-state index is 11.9. The zero-order chi connectivity index (χ0) is 16.1. The van der Waals surface area contributed by atoms with Gasteiger partial charge in [0.05, 0.1) is 12.2 Å². The second kappa shape index (κ2) is 7.11. The fourth-order valence-electron chi connectivity index (χ4n) is 2.01.